The standard InChI is InChI=1S/C8H16O4/c1-5-7(10-4)12-8(9)11-6(2)3/h6-7H,5H2,1-4H3. The van der Waals surface area contributed by atoms with Crippen molar-refractivity contribution in [3.8, 4) is 0 Å². The zero-order valence-electron chi connectivity index (χ0n) is 7.99. The van der Waals surface area contributed by atoms with Crippen molar-refractivity contribution in [2.75, 3.05) is 7.11 Å². The fourth-order valence-electron chi connectivity index (χ4n) is 0.626. The molecule has 0 aliphatic rings. The molecule has 0 amide bonds. The number of methoxy groups -OCH3 is 1. The van der Waals surface area contributed by atoms with E-state index < -0.39 is 12.4 Å². The van der Waals surface area contributed by atoms with Crippen molar-refractivity contribution in [1.29, 1.82) is 0 Å². The molecular formula is C8H16O4. The van der Waals surface area contributed by atoms with E-state index in [1.165, 1.54) is 7.11 Å². The number of ether oxygens (including phenoxy) is 3. The van der Waals surface area contributed by atoms with Gasteiger partial charge in [-0.15, -0.1) is 0 Å². The molecule has 0 heterocycles. The first-order valence-electron chi connectivity index (χ1n) is 4.00. The molecule has 0 N–H and O–H groups in total. The van der Waals surface area contributed by atoms with Gasteiger partial charge in [-0.2, -0.15) is 0 Å². The number of hydrogen-bond donors (Lipinski definition) is 0. The molecular weight excluding hydrogens is 160 g/mol. The lowest BCUT2D eigenvalue weighted by molar-refractivity contribution is -0.108. The van der Waals surface area contributed by atoms with Crippen LogP contribution in [0.3, 0.4) is 0 Å². The van der Waals surface area contributed by atoms with Gasteiger partial charge in [-0.3, -0.25) is 0 Å². The van der Waals surface area contributed by atoms with Gasteiger partial charge in [0.25, 0.3) is 0 Å². The minimum atomic E-state index is -0.682. The van der Waals surface area contributed by atoms with E-state index in [-0.39, 0.29) is 6.10 Å². The fraction of sp³-hybridized carbons (Fsp3) is 0.875. The molecule has 0 radical (unpaired) electrons. The molecule has 1 atom stereocenters. The Hall–Kier alpha value is -0.770. The topological polar surface area (TPSA) is 44.8 Å². The molecule has 0 aromatic heterocycles. The molecule has 0 rings (SSSR count). The molecule has 1 unspecified atom stereocenters. The summed E-state index contributed by atoms with van der Waals surface area (Å²) in [4.78, 5) is 10.9. The highest BCUT2D eigenvalue weighted by atomic mass is 16.8. The summed E-state index contributed by atoms with van der Waals surface area (Å²) in [6.07, 6.45) is -0.731. The van der Waals surface area contributed by atoms with Gasteiger partial charge in [0.1, 0.15) is 0 Å². The lowest BCUT2D eigenvalue weighted by Crippen LogP contribution is -2.22. The van der Waals surface area contributed by atoms with Gasteiger partial charge >= 0.3 is 6.16 Å². The molecule has 4 heteroatoms. The molecule has 0 saturated heterocycles. The summed E-state index contributed by atoms with van der Waals surface area (Å²) in [5.41, 5.74) is 0. The largest absolute Gasteiger partial charge is 0.510 e. The van der Waals surface area contributed by atoms with Gasteiger partial charge in [-0.1, -0.05) is 6.92 Å². The van der Waals surface area contributed by atoms with Crippen LogP contribution in [0.5, 0.6) is 0 Å². The van der Waals surface area contributed by atoms with Crippen molar-refractivity contribution < 1.29 is 19.0 Å². The maximum absolute atomic E-state index is 10.9. The van der Waals surface area contributed by atoms with Crippen molar-refractivity contribution >= 4 is 6.16 Å². The molecule has 12 heavy (non-hydrogen) atoms. The zero-order valence-corrected chi connectivity index (χ0v) is 7.99. The first-order valence-corrected chi connectivity index (χ1v) is 4.00. The Kier molecular flexibility index (Phi) is 5.45. The van der Waals surface area contributed by atoms with E-state index in [1.807, 2.05) is 6.92 Å². The van der Waals surface area contributed by atoms with Crippen LogP contribution in [0.15, 0.2) is 0 Å². The number of rotatable bonds is 4. The Bertz CT molecular complexity index is 129. The normalized spacial score (nSPS) is 12.8. The Morgan fingerprint density at radius 1 is 1.33 bits per heavy atom. The quantitative estimate of drug-likeness (QED) is 0.485. The van der Waals surface area contributed by atoms with Crippen LogP contribution in [0.25, 0.3) is 0 Å². The van der Waals surface area contributed by atoms with Crippen molar-refractivity contribution in [1.82, 2.24) is 0 Å². The molecule has 4 nitrogen and oxygen atoms in total. The Balaban J connectivity index is 3.66. The second-order valence-corrected chi connectivity index (χ2v) is 2.61. The average molecular weight is 176 g/mol. The molecule has 0 aliphatic heterocycles. The smallest absolute Gasteiger partial charge is 0.432 e. The van der Waals surface area contributed by atoms with Crippen molar-refractivity contribution in [3.63, 3.8) is 0 Å². The predicted octanol–water partition coefficient (Wildman–Crippen LogP) is 1.93. The van der Waals surface area contributed by atoms with Gasteiger partial charge in [0.2, 0.25) is 6.29 Å². The Morgan fingerprint density at radius 3 is 2.25 bits per heavy atom. The lowest BCUT2D eigenvalue weighted by atomic mass is 10.5. The van der Waals surface area contributed by atoms with Gasteiger partial charge in [-0.25, -0.2) is 4.79 Å². The number of hydrogen-bond acceptors (Lipinski definition) is 4. The van der Waals surface area contributed by atoms with Gasteiger partial charge in [0, 0.05) is 13.5 Å². The van der Waals surface area contributed by atoms with E-state index in [1.54, 1.807) is 13.8 Å². The fourth-order valence-corrected chi connectivity index (χ4v) is 0.626. The third kappa shape index (κ3) is 4.96. The second-order valence-electron chi connectivity index (χ2n) is 2.61. The summed E-state index contributed by atoms with van der Waals surface area (Å²) in [6, 6.07) is 0. The summed E-state index contributed by atoms with van der Waals surface area (Å²) < 4.78 is 14.3. The molecule has 0 aromatic carbocycles. The highest BCUT2D eigenvalue weighted by molar-refractivity contribution is 5.60. The van der Waals surface area contributed by atoms with Crippen LogP contribution >= 0.6 is 0 Å². The molecule has 0 spiro atoms. The van der Waals surface area contributed by atoms with Gasteiger partial charge in [-0.05, 0) is 13.8 Å². The van der Waals surface area contributed by atoms with E-state index in [4.69, 9.17) is 14.2 Å². The van der Waals surface area contributed by atoms with Crippen LogP contribution in [-0.4, -0.2) is 25.7 Å². The van der Waals surface area contributed by atoms with Crippen LogP contribution in [0.2, 0.25) is 0 Å². The SMILES string of the molecule is CCC(OC)OC(=O)OC(C)C. The summed E-state index contributed by atoms with van der Waals surface area (Å²) in [5, 5.41) is 0. The summed E-state index contributed by atoms with van der Waals surface area (Å²) in [5.74, 6) is 0. The van der Waals surface area contributed by atoms with Crippen molar-refractivity contribution in [3.05, 3.63) is 0 Å². The van der Waals surface area contributed by atoms with E-state index in [0.29, 0.717) is 6.42 Å². The van der Waals surface area contributed by atoms with Crippen LogP contribution in [0.4, 0.5) is 4.79 Å². The Labute approximate surface area is 72.8 Å². The highest BCUT2D eigenvalue weighted by Crippen LogP contribution is 2.01. The van der Waals surface area contributed by atoms with Crippen LogP contribution < -0.4 is 0 Å². The maximum Gasteiger partial charge on any atom is 0.510 e. The lowest BCUT2D eigenvalue weighted by Gasteiger charge is -2.14. The van der Waals surface area contributed by atoms with Crippen molar-refractivity contribution in [2.24, 2.45) is 0 Å². The summed E-state index contributed by atoms with van der Waals surface area (Å²) in [6.45, 7) is 5.38. The molecule has 0 bridgehead atoms. The molecule has 0 aliphatic carbocycles. The maximum atomic E-state index is 10.9. The van der Waals surface area contributed by atoms with Crippen LogP contribution in [-0.2, 0) is 14.2 Å². The van der Waals surface area contributed by atoms with Gasteiger partial charge < -0.3 is 14.2 Å². The van der Waals surface area contributed by atoms with E-state index in [0.717, 1.165) is 0 Å². The van der Waals surface area contributed by atoms with E-state index in [2.05, 4.69) is 0 Å². The second kappa shape index (κ2) is 5.83. The first kappa shape index (κ1) is 11.2. The van der Waals surface area contributed by atoms with Crippen molar-refractivity contribution in [2.45, 2.75) is 39.6 Å². The number of carbonyl (C=O) groups excluding carboxylic acids is 1. The molecule has 72 valence electrons. The van der Waals surface area contributed by atoms with E-state index >= 15 is 0 Å². The average Bonchev–Trinajstić information content (AvgIpc) is 1.98. The van der Waals surface area contributed by atoms with E-state index in [9.17, 15) is 4.79 Å². The van der Waals surface area contributed by atoms with Crippen LogP contribution in [0, 0.1) is 0 Å². The predicted molar refractivity (Wildman–Crippen MR) is 43.8 cm³/mol. The summed E-state index contributed by atoms with van der Waals surface area (Å²) >= 11 is 0. The highest BCUT2D eigenvalue weighted by Gasteiger charge is 2.13. The van der Waals surface area contributed by atoms with Crippen LogP contribution in [0.1, 0.15) is 27.2 Å². The third-order valence-corrected chi connectivity index (χ3v) is 1.16. The summed E-state index contributed by atoms with van der Waals surface area (Å²) in [7, 11) is 1.48. The monoisotopic (exact) mass is 176 g/mol. The van der Waals surface area contributed by atoms with Gasteiger partial charge in [0.05, 0.1) is 6.10 Å². The minimum Gasteiger partial charge on any atom is -0.432 e. The molecule has 0 aromatic rings. The molecule has 0 saturated carbocycles. The minimum absolute atomic E-state index is 0.160. The Morgan fingerprint density at radius 2 is 1.92 bits per heavy atom. The third-order valence-electron chi connectivity index (χ3n) is 1.16. The molecule has 0 fully saturated rings. The zero-order chi connectivity index (χ0) is 9.56. The van der Waals surface area contributed by atoms with Gasteiger partial charge in [0.15, 0.2) is 0 Å². The number of carbonyl (C=O) groups is 1. The first-order chi connectivity index (χ1) is 5.60.